The Labute approximate surface area is 131 Å². The summed E-state index contributed by atoms with van der Waals surface area (Å²) < 4.78 is 32.4. The highest BCUT2D eigenvalue weighted by Crippen LogP contribution is 2.45. The summed E-state index contributed by atoms with van der Waals surface area (Å²) in [7, 11) is -3.51. The molecule has 3 rings (SSSR count). The fourth-order valence-corrected chi connectivity index (χ4v) is 5.70. The maximum Gasteiger partial charge on any atom is 0.307 e. The van der Waals surface area contributed by atoms with E-state index in [2.05, 4.69) is 0 Å². The Morgan fingerprint density at radius 2 is 1.95 bits per heavy atom. The molecule has 120 valence electrons. The van der Waals surface area contributed by atoms with E-state index in [-0.39, 0.29) is 18.4 Å². The lowest BCUT2D eigenvalue weighted by molar-refractivity contribution is -0.144. The maximum atomic E-state index is 12.9. The molecule has 0 spiro atoms. The van der Waals surface area contributed by atoms with Gasteiger partial charge in [0.05, 0.1) is 24.0 Å². The molecular weight excluding hydrogens is 302 g/mol. The van der Waals surface area contributed by atoms with Gasteiger partial charge in [0.2, 0.25) is 10.0 Å². The first-order chi connectivity index (χ1) is 10.6. The van der Waals surface area contributed by atoms with E-state index in [0.29, 0.717) is 11.5 Å². The lowest BCUT2D eigenvalue weighted by Crippen LogP contribution is -2.37. The first-order valence-electron chi connectivity index (χ1n) is 7.83. The number of hydrogen-bond donors (Lipinski definition) is 0. The number of nitrogens with zero attached hydrogens (tertiary/aromatic N) is 1. The fourth-order valence-electron chi connectivity index (χ4n) is 3.60. The zero-order chi connectivity index (χ0) is 15.7. The molecular formula is C16H21NO4S. The van der Waals surface area contributed by atoms with E-state index in [9.17, 15) is 13.2 Å². The third kappa shape index (κ3) is 2.54. The Morgan fingerprint density at radius 3 is 2.64 bits per heavy atom. The summed E-state index contributed by atoms with van der Waals surface area (Å²) >= 11 is 0. The molecule has 1 aliphatic carbocycles. The Kier molecular flexibility index (Phi) is 4.23. The highest BCUT2D eigenvalue weighted by atomic mass is 32.2. The molecule has 1 aromatic carbocycles. The highest BCUT2D eigenvalue weighted by molar-refractivity contribution is 7.89. The van der Waals surface area contributed by atoms with Crippen LogP contribution in [0.3, 0.4) is 0 Å². The summed E-state index contributed by atoms with van der Waals surface area (Å²) in [6.07, 6.45) is 3.90. The van der Waals surface area contributed by atoms with Crippen LogP contribution in [0.1, 0.15) is 50.6 Å². The summed E-state index contributed by atoms with van der Waals surface area (Å²) in [6, 6.07) is 6.57. The van der Waals surface area contributed by atoms with Gasteiger partial charge in [0.1, 0.15) is 0 Å². The molecule has 0 radical (unpaired) electrons. The SMILES string of the molecule is CCOC(=O)C[C@H]1c2ccccc2S(=O)(=O)N1C1CCCC1. The molecule has 1 fully saturated rings. The number of ether oxygens (including phenoxy) is 1. The summed E-state index contributed by atoms with van der Waals surface area (Å²) in [5.41, 5.74) is 0.724. The standard InChI is InChI=1S/C16H21NO4S/c1-2-21-16(18)11-14-13-9-5-6-10-15(13)22(19,20)17(14)12-7-3-4-8-12/h5-6,9-10,12,14H,2-4,7-8,11H2,1H3/t14-/m0/s1. The summed E-state index contributed by atoms with van der Waals surface area (Å²) in [4.78, 5) is 12.3. The second kappa shape index (κ2) is 6.01. The summed E-state index contributed by atoms with van der Waals surface area (Å²) in [5, 5.41) is 0. The molecule has 2 aliphatic rings. The number of carbonyl (C=O) groups excluding carboxylic acids is 1. The number of hydrogen-bond acceptors (Lipinski definition) is 4. The number of fused-ring (bicyclic) bond motifs is 1. The van der Waals surface area contributed by atoms with E-state index in [4.69, 9.17) is 4.74 Å². The minimum Gasteiger partial charge on any atom is -0.466 e. The normalized spacial score (nSPS) is 24.3. The lowest BCUT2D eigenvalue weighted by Gasteiger charge is -2.28. The monoisotopic (exact) mass is 323 g/mol. The van der Waals surface area contributed by atoms with Crippen LogP contribution in [-0.4, -0.2) is 31.3 Å². The van der Waals surface area contributed by atoms with Crippen LogP contribution in [0.25, 0.3) is 0 Å². The van der Waals surface area contributed by atoms with Crippen molar-refractivity contribution in [2.24, 2.45) is 0 Å². The van der Waals surface area contributed by atoms with Gasteiger partial charge in [-0.2, -0.15) is 4.31 Å². The van der Waals surface area contributed by atoms with Gasteiger partial charge >= 0.3 is 5.97 Å². The molecule has 0 aromatic heterocycles. The van der Waals surface area contributed by atoms with Gasteiger partial charge in [-0.05, 0) is 31.4 Å². The molecule has 0 bridgehead atoms. The van der Waals surface area contributed by atoms with Gasteiger partial charge in [-0.1, -0.05) is 31.0 Å². The van der Waals surface area contributed by atoms with Gasteiger partial charge in [0.25, 0.3) is 0 Å². The molecule has 0 N–H and O–H groups in total. The minimum absolute atomic E-state index is 0.00294. The predicted molar refractivity (Wildman–Crippen MR) is 81.7 cm³/mol. The van der Waals surface area contributed by atoms with Gasteiger partial charge < -0.3 is 4.74 Å². The zero-order valence-corrected chi connectivity index (χ0v) is 13.5. The maximum absolute atomic E-state index is 12.9. The molecule has 1 atom stereocenters. The van der Waals surface area contributed by atoms with Crippen molar-refractivity contribution in [3.8, 4) is 0 Å². The van der Waals surface area contributed by atoms with E-state index >= 15 is 0 Å². The average molecular weight is 323 g/mol. The van der Waals surface area contributed by atoms with Crippen molar-refractivity contribution >= 4 is 16.0 Å². The molecule has 1 aromatic rings. The van der Waals surface area contributed by atoms with E-state index < -0.39 is 16.1 Å². The number of esters is 1. The number of benzene rings is 1. The second-order valence-electron chi connectivity index (χ2n) is 5.84. The zero-order valence-electron chi connectivity index (χ0n) is 12.7. The molecule has 22 heavy (non-hydrogen) atoms. The average Bonchev–Trinajstić information content (AvgIpc) is 3.06. The van der Waals surface area contributed by atoms with Crippen LogP contribution in [0.2, 0.25) is 0 Å². The van der Waals surface area contributed by atoms with Crippen LogP contribution in [-0.2, 0) is 19.6 Å². The molecule has 0 unspecified atom stereocenters. The van der Waals surface area contributed by atoms with Gasteiger partial charge in [-0.25, -0.2) is 8.42 Å². The van der Waals surface area contributed by atoms with E-state index in [1.807, 2.05) is 12.1 Å². The lowest BCUT2D eigenvalue weighted by atomic mass is 10.0. The van der Waals surface area contributed by atoms with Crippen LogP contribution in [0.15, 0.2) is 29.2 Å². The van der Waals surface area contributed by atoms with E-state index in [1.54, 1.807) is 23.4 Å². The van der Waals surface area contributed by atoms with Crippen molar-refractivity contribution in [1.29, 1.82) is 0 Å². The van der Waals surface area contributed by atoms with Crippen LogP contribution < -0.4 is 0 Å². The van der Waals surface area contributed by atoms with Crippen LogP contribution in [0, 0.1) is 0 Å². The Balaban J connectivity index is 2.00. The number of carbonyl (C=O) groups is 1. The molecule has 1 aliphatic heterocycles. The quantitative estimate of drug-likeness (QED) is 0.799. The molecule has 6 heteroatoms. The first kappa shape index (κ1) is 15.5. The van der Waals surface area contributed by atoms with Gasteiger partial charge in [-0.3, -0.25) is 4.79 Å². The largest absolute Gasteiger partial charge is 0.466 e. The van der Waals surface area contributed by atoms with Gasteiger partial charge in [0, 0.05) is 6.04 Å². The van der Waals surface area contributed by atoms with Crippen molar-refractivity contribution in [3.63, 3.8) is 0 Å². The van der Waals surface area contributed by atoms with E-state index in [0.717, 1.165) is 31.2 Å². The van der Waals surface area contributed by atoms with Crippen molar-refractivity contribution in [2.75, 3.05) is 6.61 Å². The van der Waals surface area contributed by atoms with Crippen molar-refractivity contribution < 1.29 is 17.9 Å². The smallest absolute Gasteiger partial charge is 0.307 e. The van der Waals surface area contributed by atoms with Gasteiger partial charge in [-0.15, -0.1) is 0 Å². The fraction of sp³-hybridized carbons (Fsp3) is 0.562. The predicted octanol–water partition coefficient (Wildman–Crippen LogP) is 2.63. The van der Waals surface area contributed by atoms with Crippen molar-refractivity contribution in [3.05, 3.63) is 29.8 Å². The van der Waals surface area contributed by atoms with Crippen LogP contribution in [0.5, 0.6) is 0 Å². The molecule has 0 saturated heterocycles. The Hall–Kier alpha value is -1.40. The van der Waals surface area contributed by atoms with Crippen molar-refractivity contribution in [2.45, 2.75) is 56.0 Å². The minimum atomic E-state index is -3.51. The van der Waals surface area contributed by atoms with Crippen molar-refractivity contribution in [1.82, 2.24) is 4.31 Å². The molecule has 1 saturated carbocycles. The Bertz CT molecular complexity index is 664. The Morgan fingerprint density at radius 1 is 1.27 bits per heavy atom. The van der Waals surface area contributed by atoms with Crippen LogP contribution in [0.4, 0.5) is 0 Å². The highest BCUT2D eigenvalue weighted by Gasteiger charge is 2.47. The molecule has 0 amide bonds. The topological polar surface area (TPSA) is 63.7 Å². The number of rotatable bonds is 4. The molecule has 5 nitrogen and oxygen atoms in total. The molecule has 1 heterocycles. The summed E-state index contributed by atoms with van der Waals surface area (Å²) in [5.74, 6) is -0.345. The van der Waals surface area contributed by atoms with E-state index in [1.165, 1.54) is 0 Å². The number of sulfonamides is 1. The van der Waals surface area contributed by atoms with Crippen LogP contribution >= 0.6 is 0 Å². The third-order valence-corrected chi connectivity index (χ3v) is 6.53. The third-order valence-electron chi connectivity index (χ3n) is 4.49. The first-order valence-corrected chi connectivity index (χ1v) is 9.27. The summed E-state index contributed by atoms with van der Waals surface area (Å²) in [6.45, 7) is 2.06. The van der Waals surface area contributed by atoms with Gasteiger partial charge in [0.15, 0.2) is 0 Å². The second-order valence-corrected chi connectivity index (χ2v) is 7.65.